The minimum absolute atomic E-state index is 0.0852. The number of aldehydes is 1. The molecule has 2 rings (SSSR count). The quantitative estimate of drug-likeness (QED) is 0.318. The summed E-state index contributed by atoms with van der Waals surface area (Å²) in [6.45, 7) is 2.77. The number of hydrogen-bond acceptors (Lipinski definition) is 4. The minimum Gasteiger partial charge on any atom is -0.360 e. The first-order valence-corrected chi connectivity index (χ1v) is 9.98. The van der Waals surface area contributed by atoms with Crippen molar-refractivity contribution in [3.8, 4) is 0 Å². The number of carbonyl (C=O) groups excluding carboxylic acids is 1. The van der Waals surface area contributed by atoms with Gasteiger partial charge in [-0.15, -0.1) is 0 Å². The fraction of sp³-hybridized carbons (Fsp3) is 0.545. The Kier molecular flexibility index (Phi) is 9.19. The predicted molar refractivity (Wildman–Crippen MR) is 107 cm³/mol. The SMILES string of the molecule is CC(CCCCCC=O)c1ccc(/C(=C/C=N)NC2CCCCO2)cc1F. The van der Waals surface area contributed by atoms with Gasteiger partial charge in [-0.3, -0.25) is 0 Å². The van der Waals surface area contributed by atoms with Crippen LogP contribution in [-0.4, -0.2) is 25.3 Å². The topological polar surface area (TPSA) is 62.2 Å². The van der Waals surface area contributed by atoms with Crippen LogP contribution in [0.15, 0.2) is 24.3 Å². The van der Waals surface area contributed by atoms with Crippen molar-refractivity contribution in [2.45, 2.75) is 70.4 Å². The van der Waals surface area contributed by atoms with Crippen LogP contribution in [0, 0.1) is 11.2 Å². The molecule has 4 nitrogen and oxygen atoms in total. The summed E-state index contributed by atoms with van der Waals surface area (Å²) in [5, 5.41) is 10.7. The number of nitrogens with one attached hydrogen (secondary N) is 2. The van der Waals surface area contributed by atoms with Gasteiger partial charge in [0.05, 0.1) is 0 Å². The summed E-state index contributed by atoms with van der Waals surface area (Å²) in [7, 11) is 0. The third-order valence-corrected chi connectivity index (χ3v) is 5.05. The normalized spacial score (nSPS) is 18.7. The van der Waals surface area contributed by atoms with Gasteiger partial charge >= 0.3 is 0 Å². The summed E-state index contributed by atoms with van der Waals surface area (Å²) in [5.41, 5.74) is 2.16. The van der Waals surface area contributed by atoms with Gasteiger partial charge < -0.3 is 20.3 Å². The van der Waals surface area contributed by atoms with Gasteiger partial charge in [0.1, 0.15) is 18.3 Å². The van der Waals surface area contributed by atoms with Gasteiger partial charge in [-0.05, 0) is 55.7 Å². The summed E-state index contributed by atoms with van der Waals surface area (Å²) in [6.07, 6.45) is 11.2. The lowest BCUT2D eigenvalue weighted by molar-refractivity contribution is -0.107. The molecule has 1 aliphatic heterocycles. The summed E-state index contributed by atoms with van der Waals surface area (Å²) < 4.78 is 20.4. The van der Waals surface area contributed by atoms with Crippen LogP contribution in [0.4, 0.5) is 4.39 Å². The molecule has 0 aliphatic carbocycles. The Balaban J connectivity index is 2.00. The lowest BCUT2D eigenvalue weighted by atomic mass is 9.93. The number of ether oxygens (including phenoxy) is 1. The fourth-order valence-corrected chi connectivity index (χ4v) is 3.44. The Morgan fingerprint density at radius 1 is 1.37 bits per heavy atom. The Hall–Kier alpha value is -2.01. The molecule has 5 heteroatoms. The number of hydrogen-bond donors (Lipinski definition) is 2. The van der Waals surface area contributed by atoms with Crippen molar-refractivity contribution in [1.29, 1.82) is 5.41 Å². The maximum atomic E-state index is 14.7. The first-order valence-electron chi connectivity index (χ1n) is 9.98. The molecule has 2 atom stereocenters. The number of allylic oxidation sites excluding steroid dienone is 1. The molecule has 0 bridgehead atoms. The molecule has 0 saturated carbocycles. The van der Waals surface area contributed by atoms with Crippen LogP contribution in [0.5, 0.6) is 0 Å². The molecule has 0 amide bonds. The molecule has 0 radical (unpaired) electrons. The highest BCUT2D eigenvalue weighted by atomic mass is 19.1. The van der Waals surface area contributed by atoms with Crippen LogP contribution < -0.4 is 5.32 Å². The second kappa shape index (κ2) is 11.7. The highest BCUT2D eigenvalue weighted by molar-refractivity contribution is 5.82. The lowest BCUT2D eigenvalue weighted by Gasteiger charge is -2.26. The Morgan fingerprint density at radius 2 is 2.22 bits per heavy atom. The van der Waals surface area contributed by atoms with Crippen LogP contribution in [0.2, 0.25) is 0 Å². The molecule has 1 aromatic carbocycles. The van der Waals surface area contributed by atoms with Gasteiger partial charge in [0.25, 0.3) is 0 Å². The largest absolute Gasteiger partial charge is 0.360 e. The summed E-state index contributed by atoms with van der Waals surface area (Å²) in [6, 6.07) is 5.30. The average Bonchev–Trinajstić information content (AvgIpc) is 2.68. The van der Waals surface area contributed by atoms with Crippen LogP contribution in [-0.2, 0) is 9.53 Å². The predicted octanol–water partition coefficient (Wildman–Crippen LogP) is 5.19. The third-order valence-electron chi connectivity index (χ3n) is 5.05. The molecule has 0 aromatic heterocycles. The Morgan fingerprint density at radius 3 is 2.89 bits per heavy atom. The first kappa shape index (κ1) is 21.3. The summed E-state index contributed by atoms with van der Waals surface area (Å²) in [4.78, 5) is 10.3. The van der Waals surface area contributed by atoms with E-state index in [4.69, 9.17) is 10.1 Å². The summed E-state index contributed by atoms with van der Waals surface area (Å²) >= 11 is 0. The van der Waals surface area contributed by atoms with Crippen molar-refractivity contribution < 1.29 is 13.9 Å². The molecule has 2 N–H and O–H groups in total. The van der Waals surface area contributed by atoms with Gasteiger partial charge in [0.2, 0.25) is 0 Å². The molecule has 1 aliphatic rings. The molecule has 27 heavy (non-hydrogen) atoms. The van der Waals surface area contributed by atoms with E-state index in [0.717, 1.165) is 69.0 Å². The smallest absolute Gasteiger partial charge is 0.127 e. The average molecular weight is 375 g/mol. The van der Waals surface area contributed by atoms with Crippen molar-refractivity contribution in [2.24, 2.45) is 0 Å². The van der Waals surface area contributed by atoms with Crippen LogP contribution in [0.1, 0.15) is 75.3 Å². The highest BCUT2D eigenvalue weighted by Crippen LogP contribution is 2.27. The zero-order valence-corrected chi connectivity index (χ0v) is 16.2. The van der Waals surface area contributed by atoms with Crippen molar-refractivity contribution in [3.05, 3.63) is 41.2 Å². The van der Waals surface area contributed by atoms with Crippen molar-refractivity contribution in [1.82, 2.24) is 5.32 Å². The van der Waals surface area contributed by atoms with E-state index in [0.29, 0.717) is 12.1 Å². The van der Waals surface area contributed by atoms with E-state index in [9.17, 15) is 9.18 Å². The van der Waals surface area contributed by atoms with Crippen molar-refractivity contribution in [2.75, 3.05) is 6.61 Å². The lowest BCUT2D eigenvalue weighted by Crippen LogP contribution is -2.33. The fourth-order valence-electron chi connectivity index (χ4n) is 3.44. The second-order valence-electron chi connectivity index (χ2n) is 7.19. The molecule has 1 aromatic rings. The molecule has 1 saturated heterocycles. The zero-order valence-electron chi connectivity index (χ0n) is 16.2. The van der Waals surface area contributed by atoms with Gasteiger partial charge in [-0.1, -0.05) is 31.9 Å². The second-order valence-corrected chi connectivity index (χ2v) is 7.19. The van der Waals surface area contributed by atoms with E-state index in [1.807, 2.05) is 19.1 Å². The third kappa shape index (κ3) is 6.90. The van der Waals surface area contributed by atoms with Crippen molar-refractivity contribution >= 4 is 18.2 Å². The van der Waals surface area contributed by atoms with Gasteiger partial charge in [0, 0.05) is 30.5 Å². The molecule has 2 unspecified atom stereocenters. The maximum absolute atomic E-state index is 14.7. The van der Waals surface area contributed by atoms with E-state index in [2.05, 4.69) is 5.32 Å². The van der Waals surface area contributed by atoms with Crippen LogP contribution in [0.25, 0.3) is 5.70 Å². The Labute approximate surface area is 161 Å². The molecular formula is C22H31FN2O2. The number of rotatable bonds is 11. The first-order chi connectivity index (χ1) is 13.2. The van der Waals surface area contributed by atoms with Crippen LogP contribution in [0.3, 0.4) is 0 Å². The number of halogens is 1. The van der Waals surface area contributed by atoms with E-state index < -0.39 is 0 Å². The van der Waals surface area contributed by atoms with Crippen molar-refractivity contribution in [3.63, 3.8) is 0 Å². The van der Waals surface area contributed by atoms with E-state index in [1.54, 1.807) is 12.1 Å². The molecule has 148 valence electrons. The van der Waals surface area contributed by atoms with Gasteiger partial charge in [-0.25, -0.2) is 4.39 Å². The van der Waals surface area contributed by atoms with Gasteiger partial charge in [-0.2, -0.15) is 0 Å². The highest BCUT2D eigenvalue weighted by Gasteiger charge is 2.17. The number of benzene rings is 1. The van der Waals surface area contributed by atoms with E-state index >= 15 is 0 Å². The van der Waals surface area contributed by atoms with E-state index in [-0.39, 0.29) is 18.0 Å². The zero-order chi connectivity index (χ0) is 19.5. The molecular weight excluding hydrogens is 343 g/mol. The molecule has 0 spiro atoms. The number of carbonyl (C=O) groups is 1. The standard InChI is InChI=1S/C22H31FN2O2/c1-17(8-4-2-3-6-14-26)19-11-10-18(16-20(19)23)21(12-13-24)25-22-9-5-7-15-27-22/h10-14,16-17,22,24-25H,2-9,15H2,1H3/b21-12-,24-13?. The number of unbranched alkanes of at least 4 members (excludes halogenated alkanes) is 3. The van der Waals surface area contributed by atoms with Gasteiger partial charge in [0.15, 0.2) is 0 Å². The summed E-state index contributed by atoms with van der Waals surface area (Å²) in [5.74, 6) is -0.0739. The minimum atomic E-state index is -0.213. The Bertz CT molecular complexity index is 639. The maximum Gasteiger partial charge on any atom is 0.127 e. The van der Waals surface area contributed by atoms with Crippen LogP contribution >= 0.6 is 0 Å². The molecule has 1 heterocycles. The monoisotopic (exact) mass is 374 g/mol. The molecule has 1 fully saturated rings. The van der Waals surface area contributed by atoms with E-state index in [1.165, 1.54) is 6.21 Å².